The second-order valence-corrected chi connectivity index (χ2v) is 6.66. The Bertz CT molecular complexity index is 917. The second kappa shape index (κ2) is 6.67. The highest BCUT2D eigenvalue weighted by Crippen LogP contribution is 2.28. The van der Waals surface area contributed by atoms with Gasteiger partial charge in [-0.05, 0) is 42.7 Å². The maximum atomic E-state index is 12.6. The molecule has 1 unspecified atom stereocenters. The van der Waals surface area contributed by atoms with Crippen molar-refractivity contribution in [2.45, 2.75) is 25.8 Å². The van der Waals surface area contributed by atoms with Gasteiger partial charge in [-0.2, -0.15) is 0 Å². The van der Waals surface area contributed by atoms with Gasteiger partial charge >= 0.3 is 0 Å². The maximum Gasteiger partial charge on any atom is 0.251 e. The molecule has 2 aromatic rings. The standard InChI is InChI=1S/C21H20N2O3/c1-13(14-6-8-18-15(10-14)7-9-20(24)23-18)22-21(25)17-11-16-4-2-3-5-19(16)26-12-17/h2-6,8,10-11,13H,7,9,12H2,1H3,(H,22,25)(H,23,24). The van der Waals surface area contributed by atoms with Crippen LogP contribution in [-0.2, 0) is 16.0 Å². The lowest BCUT2D eigenvalue weighted by Crippen LogP contribution is -2.31. The first-order chi connectivity index (χ1) is 12.6. The molecule has 2 amide bonds. The number of aryl methyl sites for hydroxylation is 1. The average molecular weight is 348 g/mol. The number of carbonyl (C=O) groups is 2. The van der Waals surface area contributed by atoms with Crippen molar-refractivity contribution in [1.82, 2.24) is 5.32 Å². The largest absolute Gasteiger partial charge is 0.488 e. The molecule has 1 atom stereocenters. The molecule has 2 N–H and O–H groups in total. The van der Waals surface area contributed by atoms with Gasteiger partial charge in [-0.25, -0.2) is 0 Å². The van der Waals surface area contributed by atoms with E-state index < -0.39 is 0 Å². The number of hydrogen-bond donors (Lipinski definition) is 2. The Labute approximate surface area is 152 Å². The molecule has 132 valence electrons. The molecule has 0 radical (unpaired) electrons. The highest BCUT2D eigenvalue weighted by molar-refractivity contribution is 5.99. The molecule has 5 nitrogen and oxygen atoms in total. The first kappa shape index (κ1) is 16.4. The van der Waals surface area contributed by atoms with Crippen LogP contribution in [0.2, 0.25) is 0 Å². The van der Waals surface area contributed by atoms with Crippen molar-refractivity contribution in [1.29, 1.82) is 0 Å². The highest BCUT2D eigenvalue weighted by Gasteiger charge is 2.20. The number of carbonyl (C=O) groups excluding carboxylic acids is 2. The third-order valence-electron chi connectivity index (χ3n) is 4.80. The van der Waals surface area contributed by atoms with Crippen LogP contribution in [0.25, 0.3) is 6.08 Å². The Kier molecular flexibility index (Phi) is 4.21. The quantitative estimate of drug-likeness (QED) is 0.895. The van der Waals surface area contributed by atoms with Crippen molar-refractivity contribution < 1.29 is 14.3 Å². The van der Waals surface area contributed by atoms with Gasteiger partial charge < -0.3 is 15.4 Å². The first-order valence-electron chi connectivity index (χ1n) is 8.76. The van der Waals surface area contributed by atoms with Crippen molar-refractivity contribution in [2.24, 2.45) is 0 Å². The topological polar surface area (TPSA) is 67.4 Å². The molecular formula is C21H20N2O3. The molecule has 0 saturated carbocycles. The van der Waals surface area contributed by atoms with E-state index in [1.54, 1.807) is 0 Å². The molecule has 0 saturated heterocycles. The minimum absolute atomic E-state index is 0.0520. The van der Waals surface area contributed by atoms with E-state index in [2.05, 4.69) is 16.7 Å². The van der Waals surface area contributed by atoms with Gasteiger partial charge in [0.25, 0.3) is 5.91 Å². The molecule has 2 aromatic carbocycles. The molecule has 26 heavy (non-hydrogen) atoms. The summed E-state index contributed by atoms with van der Waals surface area (Å²) in [6.07, 6.45) is 3.11. The lowest BCUT2D eigenvalue weighted by molar-refractivity contribution is -0.118. The summed E-state index contributed by atoms with van der Waals surface area (Å²) in [7, 11) is 0. The van der Waals surface area contributed by atoms with Gasteiger partial charge in [0, 0.05) is 17.7 Å². The fourth-order valence-electron chi connectivity index (χ4n) is 3.29. The zero-order valence-electron chi connectivity index (χ0n) is 14.5. The van der Waals surface area contributed by atoms with Crippen molar-refractivity contribution in [3.8, 4) is 5.75 Å². The molecule has 0 aliphatic carbocycles. The van der Waals surface area contributed by atoms with Gasteiger partial charge in [-0.1, -0.05) is 30.3 Å². The van der Waals surface area contributed by atoms with E-state index in [4.69, 9.17) is 4.74 Å². The van der Waals surface area contributed by atoms with Crippen LogP contribution in [0.4, 0.5) is 5.69 Å². The van der Waals surface area contributed by atoms with Crippen LogP contribution < -0.4 is 15.4 Å². The number of anilines is 1. The molecule has 5 heteroatoms. The summed E-state index contributed by atoms with van der Waals surface area (Å²) in [6.45, 7) is 2.23. The third-order valence-corrected chi connectivity index (χ3v) is 4.80. The number of rotatable bonds is 3. The monoisotopic (exact) mass is 348 g/mol. The lowest BCUT2D eigenvalue weighted by atomic mass is 9.97. The van der Waals surface area contributed by atoms with Gasteiger partial charge in [0.2, 0.25) is 5.91 Å². The van der Waals surface area contributed by atoms with Crippen LogP contribution in [0.15, 0.2) is 48.0 Å². The van der Waals surface area contributed by atoms with Crippen molar-refractivity contribution in [3.05, 3.63) is 64.7 Å². The number of para-hydroxylation sites is 1. The molecule has 0 bridgehead atoms. The summed E-state index contributed by atoms with van der Waals surface area (Å²) in [6, 6.07) is 13.4. The minimum atomic E-state index is -0.136. The van der Waals surface area contributed by atoms with E-state index in [0.29, 0.717) is 12.0 Å². The van der Waals surface area contributed by atoms with Gasteiger partial charge in [0.1, 0.15) is 12.4 Å². The normalized spacial score (nSPS) is 16.3. The predicted molar refractivity (Wildman–Crippen MR) is 99.9 cm³/mol. The van der Waals surface area contributed by atoms with E-state index >= 15 is 0 Å². The SMILES string of the molecule is CC(NC(=O)C1=Cc2ccccc2OC1)c1ccc2c(c1)CCC(=O)N2. The Balaban J connectivity index is 1.48. The fourth-order valence-corrected chi connectivity index (χ4v) is 3.29. The molecule has 2 aliphatic heterocycles. The molecule has 0 spiro atoms. The van der Waals surface area contributed by atoms with E-state index in [0.717, 1.165) is 34.5 Å². The second-order valence-electron chi connectivity index (χ2n) is 6.66. The number of amides is 2. The minimum Gasteiger partial charge on any atom is -0.488 e. The summed E-state index contributed by atoms with van der Waals surface area (Å²) in [5.41, 5.74) is 4.52. The Hall–Kier alpha value is -3.08. The van der Waals surface area contributed by atoms with Crippen molar-refractivity contribution >= 4 is 23.6 Å². The van der Waals surface area contributed by atoms with Gasteiger partial charge in [-0.15, -0.1) is 0 Å². The average Bonchev–Trinajstić information content (AvgIpc) is 2.67. The van der Waals surface area contributed by atoms with Crippen LogP contribution in [0, 0.1) is 0 Å². The summed E-state index contributed by atoms with van der Waals surface area (Å²) >= 11 is 0. The smallest absolute Gasteiger partial charge is 0.251 e. The van der Waals surface area contributed by atoms with E-state index in [1.807, 2.05) is 49.4 Å². The molecular weight excluding hydrogens is 328 g/mol. The fraction of sp³-hybridized carbons (Fsp3) is 0.238. The number of fused-ring (bicyclic) bond motifs is 2. The maximum absolute atomic E-state index is 12.6. The molecule has 2 heterocycles. The number of ether oxygens (including phenoxy) is 1. The number of hydrogen-bond acceptors (Lipinski definition) is 3. The van der Waals surface area contributed by atoms with Crippen LogP contribution >= 0.6 is 0 Å². The molecule has 2 aliphatic rings. The van der Waals surface area contributed by atoms with E-state index in [-0.39, 0.29) is 24.5 Å². The Morgan fingerprint density at radius 1 is 1.19 bits per heavy atom. The summed E-state index contributed by atoms with van der Waals surface area (Å²) in [5.74, 6) is 0.725. The number of nitrogens with one attached hydrogen (secondary N) is 2. The molecule has 0 fully saturated rings. The van der Waals surface area contributed by atoms with Gasteiger partial charge in [0.05, 0.1) is 11.6 Å². The third kappa shape index (κ3) is 3.20. The van der Waals surface area contributed by atoms with Crippen molar-refractivity contribution in [3.63, 3.8) is 0 Å². The van der Waals surface area contributed by atoms with Crippen LogP contribution in [0.1, 0.15) is 36.1 Å². The summed E-state index contributed by atoms with van der Waals surface area (Å²) in [5, 5.41) is 5.91. The zero-order chi connectivity index (χ0) is 18.1. The van der Waals surface area contributed by atoms with Crippen LogP contribution in [-0.4, -0.2) is 18.4 Å². The van der Waals surface area contributed by atoms with Crippen molar-refractivity contribution in [2.75, 3.05) is 11.9 Å². The Morgan fingerprint density at radius 2 is 2.04 bits per heavy atom. The van der Waals surface area contributed by atoms with Crippen LogP contribution in [0.3, 0.4) is 0 Å². The molecule has 4 rings (SSSR count). The first-order valence-corrected chi connectivity index (χ1v) is 8.76. The summed E-state index contributed by atoms with van der Waals surface area (Å²) < 4.78 is 5.66. The lowest BCUT2D eigenvalue weighted by Gasteiger charge is -2.22. The number of benzene rings is 2. The van der Waals surface area contributed by atoms with E-state index in [1.165, 1.54) is 0 Å². The van der Waals surface area contributed by atoms with Crippen LogP contribution in [0.5, 0.6) is 5.75 Å². The van der Waals surface area contributed by atoms with Gasteiger partial charge in [0.15, 0.2) is 0 Å². The zero-order valence-corrected chi connectivity index (χ0v) is 14.5. The Morgan fingerprint density at radius 3 is 2.92 bits per heavy atom. The van der Waals surface area contributed by atoms with Gasteiger partial charge in [-0.3, -0.25) is 9.59 Å². The summed E-state index contributed by atoms with van der Waals surface area (Å²) in [4.78, 5) is 24.1. The predicted octanol–water partition coefficient (Wildman–Crippen LogP) is 3.22. The molecule has 0 aromatic heterocycles. The van der Waals surface area contributed by atoms with E-state index in [9.17, 15) is 9.59 Å². The highest BCUT2D eigenvalue weighted by atomic mass is 16.5.